The summed E-state index contributed by atoms with van der Waals surface area (Å²) in [5.41, 5.74) is 0.336. The lowest BCUT2D eigenvalue weighted by Crippen LogP contribution is -2.48. The fourth-order valence-corrected chi connectivity index (χ4v) is 4.61. The number of carbonyl (C=O) groups excluding carboxylic acids is 3. The topological polar surface area (TPSA) is 133 Å². The van der Waals surface area contributed by atoms with E-state index in [1.807, 2.05) is 20.8 Å². The average molecular weight is 532 g/mol. The molecule has 2 aliphatic heterocycles. The Hall–Kier alpha value is -3.80. The van der Waals surface area contributed by atoms with E-state index < -0.39 is 39.7 Å². The SMILES string of the molecule is CC(C)(C)NC(=O)CN(C(=O)CS(=O)CC(=O)Nc1ccc2c(c1)OCO2)c1ccc2c(c1)OCCO2. The van der Waals surface area contributed by atoms with Crippen molar-refractivity contribution < 1.29 is 37.5 Å². The molecule has 2 N–H and O–H groups in total. The monoisotopic (exact) mass is 531 g/mol. The summed E-state index contributed by atoms with van der Waals surface area (Å²) in [7, 11) is -1.83. The van der Waals surface area contributed by atoms with Crippen LogP contribution in [0.3, 0.4) is 0 Å². The van der Waals surface area contributed by atoms with Gasteiger partial charge in [0.1, 0.15) is 31.3 Å². The first-order valence-corrected chi connectivity index (χ1v) is 13.1. The highest BCUT2D eigenvalue weighted by Gasteiger charge is 2.26. The van der Waals surface area contributed by atoms with Gasteiger partial charge in [0.25, 0.3) is 0 Å². The summed E-state index contributed by atoms with van der Waals surface area (Å²) in [4.78, 5) is 39.5. The van der Waals surface area contributed by atoms with Crippen LogP contribution in [-0.4, -0.2) is 65.5 Å². The minimum absolute atomic E-state index is 0.104. The van der Waals surface area contributed by atoms with E-state index in [-0.39, 0.29) is 19.2 Å². The number of ether oxygens (including phenoxy) is 4. The van der Waals surface area contributed by atoms with Gasteiger partial charge in [0.2, 0.25) is 24.5 Å². The van der Waals surface area contributed by atoms with Gasteiger partial charge >= 0.3 is 0 Å². The van der Waals surface area contributed by atoms with Crippen molar-refractivity contribution in [1.29, 1.82) is 0 Å². The summed E-state index contributed by atoms with van der Waals surface area (Å²) in [6.45, 7) is 6.06. The maximum absolute atomic E-state index is 13.2. The Kier molecular flexibility index (Phi) is 7.86. The van der Waals surface area contributed by atoms with E-state index in [2.05, 4.69) is 10.6 Å². The van der Waals surface area contributed by atoms with Crippen molar-refractivity contribution in [3.63, 3.8) is 0 Å². The Morgan fingerprint density at radius 3 is 2.27 bits per heavy atom. The third-order valence-corrected chi connectivity index (χ3v) is 6.34. The number of rotatable bonds is 8. The van der Waals surface area contributed by atoms with Gasteiger partial charge in [-0.05, 0) is 45.0 Å². The van der Waals surface area contributed by atoms with Crippen LogP contribution in [0.2, 0.25) is 0 Å². The van der Waals surface area contributed by atoms with Gasteiger partial charge in [-0.3, -0.25) is 18.6 Å². The van der Waals surface area contributed by atoms with Crippen molar-refractivity contribution in [3.05, 3.63) is 36.4 Å². The van der Waals surface area contributed by atoms with Crippen LogP contribution >= 0.6 is 0 Å². The molecule has 2 aromatic carbocycles. The first-order chi connectivity index (χ1) is 17.6. The molecule has 4 rings (SSSR count). The highest BCUT2D eigenvalue weighted by Crippen LogP contribution is 2.35. The van der Waals surface area contributed by atoms with E-state index in [4.69, 9.17) is 18.9 Å². The highest BCUT2D eigenvalue weighted by molar-refractivity contribution is 7.86. The van der Waals surface area contributed by atoms with Gasteiger partial charge in [0.15, 0.2) is 23.0 Å². The minimum Gasteiger partial charge on any atom is -0.486 e. The second kappa shape index (κ2) is 11.1. The third kappa shape index (κ3) is 7.13. The number of hydrogen-bond acceptors (Lipinski definition) is 8. The molecule has 0 spiro atoms. The van der Waals surface area contributed by atoms with Gasteiger partial charge in [-0.2, -0.15) is 0 Å². The van der Waals surface area contributed by atoms with Crippen LogP contribution in [-0.2, 0) is 25.2 Å². The highest BCUT2D eigenvalue weighted by atomic mass is 32.2. The zero-order valence-electron chi connectivity index (χ0n) is 20.8. The maximum atomic E-state index is 13.2. The van der Waals surface area contributed by atoms with E-state index in [0.717, 1.165) is 0 Å². The number of anilines is 2. The van der Waals surface area contributed by atoms with Gasteiger partial charge < -0.3 is 34.5 Å². The molecule has 37 heavy (non-hydrogen) atoms. The second-order valence-corrected chi connectivity index (χ2v) is 10.9. The van der Waals surface area contributed by atoms with Crippen LogP contribution in [0, 0.1) is 0 Å². The van der Waals surface area contributed by atoms with Crippen molar-refractivity contribution in [3.8, 4) is 23.0 Å². The molecular formula is C25H29N3O8S. The fraction of sp³-hybridized carbons (Fsp3) is 0.400. The molecule has 3 amide bonds. The van der Waals surface area contributed by atoms with Gasteiger partial charge in [-0.1, -0.05) is 0 Å². The standard InChI is InChI=1S/C25H29N3O8S/c1-25(2,3)27-22(29)12-28(17-5-7-18-21(11-17)34-9-8-33-18)24(31)14-37(32)13-23(30)26-16-4-6-19-20(10-16)36-15-35-19/h4-7,10-11H,8-9,12-15H2,1-3H3,(H,26,30)(H,27,29). The van der Waals surface area contributed by atoms with Gasteiger partial charge in [0.05, 0.1) is 0 Å². The van der Waals surface area contributed by atoms with E-state index in [1.54, 1.807) is 36.4 Å². The maximum Gasteiger partial charge on any atom is 0.240 e. The minimum atomic E-state index is -1.83. The zero-order chi connectivity index (χ0) is 26.6. The molecule has 1 unspecified atom stereocenters. The Balaban J connectivity index is 1.42. The molecule has 0 saturated heterocycles. The summed E-state index contributed by atoms with van der Waals surface area (Å²) >= 11 is 0. The molecular weight excluding hydrogens is 502 g/mol. The molecule has 0 bridgehead atoms. The lowest BCUT2D eigenvalue weighted by atomic mass is 10.1. The van der Waals surface area contributed by atoms with E-state index >= 15 is 0 Å². The third-order valence-electron chi connectivity index (χ3n) is 5.19. The number of nitrogens with one attached hydrogen (secondary N) is 2. The molecule has 1 atom stereocenters. The van der Waals surface area contributed by atoms with Crippen molar-refractivity contribution in [2.45, 2.75) is 26.3 Å². The van der Waals surface area contributed by atoms with Crippen LogP contribution in [0.5, 0.6) is 23.0 Å². The van der Waals surface area contributed by atoms with Crippen LogP contribution in [0.25, 0.3) is 0 Å². The summed E-state index contributed by atoms with van der Waals surface area (Å²) in [6, 6.07) is 9.79. The summed E-state index contributed by atoms with van der Waals surface area (Å²) in [5, 5.41) is 5.46. The van der Waals surface area contributed by atoms with Crippen LogP contribution in [0.15, 0.2) is 36.4 Å². The number of nitrogens with zero attached hydrogens (tertiary/aromatic N) is 1. The molecule has 11 nitrogen and oxygen atoms in total. The zero-order valence-corrected chi connectivity index (χ0v) is 21.6. The molecule has 0 aromatic heterocycles. The largest absolute Gasteiger partial charge is 0.486 e. The molecule has 0 aliphatic carbocycles. The van der Waals surface area contributed by atoms with Crippen molar-refractivity contribution in [2.75, 3.05) is 48.3 Å². The summed E-state index contributed by atoms with van der Waals surface area (Å²) in [6.07, 6.45) is 0. The average Bonchev–Trinajstić information content (AvgIpc) is 3.28. The van der Waals surface area contributed by atoms with Crippen LogP contribution < -0.4 is 34.5 Å². The predicted octanol–water partition coefficient (Wildman–Crippen LogP) is 1.82. The Morgan fingerprint density at radius 1 is 0.865 bits per heavy atom. The van der Waals surface area contributed by atoms with E-state index in [1.165, 1.54) is 4.90 Å². The molecule has 0 radical (unpaired) electrons. The Morgan fingerprint density at radius 2 is 1.51 bits per heavy atom. The van der Waals surface area contributed by atoms with Crippen molar-refractivity contribution in [1.82, 2.24) is 5.32 Å². The van der Waals surface area contributed by atoms with E-state index in [9.17, 15) is 18.6 Å². The number of benzene rings is 2. The first-order valence-electron chi connectivity index (χ1n) is 11.6. The van der Waals surface area contributed by atoms with Gasteiger partial charge in [0, 0.05) is 39.8 Å². The molecule has 2 heterocycles. The molecule has 0 saturated carbocycles. The molecule has 0 fully saturated rings. The summed E-state index contributed by atoms with van der Waals surface area (Å²) < 4.78 is 34.4. The second-order valence-electron chi connectivity index (χ2n) is 9.45. The number of fused-ring (bicyclic) bond motifs is 2. The predicted molar refractivity (Wildman–Crippen MR) is 137 cm³/mol. The van der Waals surface area contributed by atoms with Crippen LogP contribution in [0.4, 0.5) is 11.4 Å². The molecule has 198 valence electrons. The van der Waals surface area contributed by atoms with Gasteiger partial charge in [-0.25, -0.2) is 0 Å². The lowest BCUT2D eigenvalue weighted by Gasteiger charge is -2.27. The van der Waals surface area contributed by atoms with Crippen molar-refractivity contribution >= 4 is 39.9 Å². The van der Waals surface area contributed by atoms with Gasteiger partial charge in [-0.15, -0.1) is 0 Å². The lowest BCUT2D eigenvalue weighted by molar-refractivity contribution is -0.124. The molecule has 12 heteroatoms. The smallest absolute Gasteiger partial charge is 0.240 e. The number of amides is 3. The Bertz CT molecular complexity index is 1230. The molecule has 2 aliphatic rings. The Labute approximate surface area is 216 Å². The summed E-state index contributed by atoms with van der Waals surface area (Å²) in [5.74, 6) is -0.292. The molecule has 2 aromatic rings. The number of hydrogen-bond donors (Lipinski definition) is 2. The first kappa shape index (κ1) is 26.3. The van der Waals surface area contributed by atoms with E-state index in [0.29, 0.717) is 47.6 Å². The quantitative estimate of drug-likeness (QED) is 0.527. The van der Waals surface area contributed by atoms with Crippen molar-refractivity contribution in [2.24, 2.45) is 0 Å². The number of carbonyl (C=O) groups is 3. The normalized spacial score (nSPS) is 14.5. The van der Waals surface area contributed by atoms with Crippen LogP contribution in [0.1, 0.15) is 20.8 Å². The fourth-order valence-electron chi connectivity index (χ4n) is 3.71.